The third-order valence-corrected chi connectivity index (χ3v) is 2.19. The van der Waals surface area contributed by atoms with Crippen molar-refractivity contribution in [2.75, 3.05) is 12.0 Å². The van der Waals surface area contributed by atoms with E-state index in [4.69, 9.17) is 0 Å². The van der Waals surface area contributed by atoms with E-state index in [0.717, 1.165) is 6.67 Å². The maximum absolute atomic E-state index is 4.12. The van der Waals surface area contributed by atoms with Crippen LogP contribution in [0.15, 0.2) is 29.2 Å². The molecular formula is C7H7N2S. The summed E-state index contributed by atoms with van der Waals surface area (Å²) < 4.78 is 4.12. The molecule has 0 atom stereocenters. The van der Waals surface area contributed by atoms with Gasteiger partial charge in [0.1, 0.15) is 0 Å². The first-order valence-corrected chi connectivity index (χ1v) is 3.91. The summed E-state index contributed by atoms with van der Waals surface area (Å²) in [6, 6.07) is 8.18. The van der Waals surface area contributed by atoms with Gasteiger partial charge in [0.2, 0.25) is 0 Å². The Bertz CT molecular complexity index is 212. The number of anilines is 1. The van der Waals surface area contributed by atoms with E-state index in [0.29, 0.717) is 0 Å². The summed E-state index contributed by atoms with van der Waals surface area (Å²) in [5, 5.41) is 3.18. The van der Waals surface area contributed by atoms with Gasteiger partial charge in [0.25, 0.3) is 0 Å². The van der Waals surface area contributed by atoms with E-state index in [-0.39, 0.29) is 0 Å². The molecule has 1 radical (unpaired) electrons. The summed E-state index contributed by atoms with van der Waals surface area (Å²) in [6.07, 6.45) is 0. The highest BCUT2D eigenvalue weighted by Crippen LogP contribution is 2.27. The van der Waals surface area contributed by atoms with Crippen molar-refractivity contribution in [2.24, 2.45) is 0 Å². The van der Waals surface area contributed by atoms with Crippen LogP contribution in [0, 0.1) is 0 Å². The van der Waals surface area contributed by atoms with Crippen LogP contribution >= 0.6 is 11.9 Å². The Morgan fingerprint density at radius 2 is 2.30 bits per heavy atom. The first kappa shape index (κ1) is 6.07. The predicted molar refractivity (Wildman–Crippen MR) is 42.9 cm³/mol. The molecular weight excluding hydrogens is 144 g/mol. The predicted octanol–water partition coefficient (Wildman–Crippen LogP) is 1.68. The summed E-state index contributed by atoms with van der Waals surface area (Å²) in [6.45, 7) is 0.724. The van der Waals surface area contributed by atoms with Gasteiger partial charge >= 0.3 is 0 Å². The molecule has 0 unspecified atom stereocenters. The first-order chi connectivity index (χ1) is 4.97. The van der Waals surface area contributed by atoms with Crippen LogP contribution in [0.1, 0.15) is 0 Å². The minimum Gasteiger partial charge on any atom is -0.369 e. The highest BCUT2D eigenvalue weighted by Gasteiger charge is 2.06. The van der Waals surface area contributed by atoms with Gasteiger partial charge in [-0.15, -0.1) is 4.72 Å². The van der Waals surface area contributed by atoms with E-state index in [1.165, 1.54) is 10.6 Å². The van der Waals surface area contributed by atoms with E-state index < -0.39 is 0 Å². The lowest BCUT2D eigenvalue weighted by atomic mass is 10.3. The third-order valence-electron chi connectivity index (χ3n) is 1.38. The molecule has 0 bridgehead atoms. The van der Waals surface area contributed by atoms with Crippen LogP contribution < -0.4 is 10.0 Å². The fourth-order valence-corrected chi connectivity index (χ4v) is 1.56. The van der Waals surface area contributed by atoms with Crippen molar-refractivity contribution in [2.45, 2.75) is 4.90 Å². The molecule has 2 nitrogen and oxygen atoms in total. The molecule has 0 fully saturated rings. The van der Waals surface area contributed by atoms with Crippen LogP contribution in [-0.4, -0.2) is 6.67 Å². The Labute approximate surface area is 64.1 Å². The maximum Gasteiger partial charge on any atom is 0.0941 e. The second kappa shape index (κ2) is 2.52. The van der Waals surface area contributed by atoms with Gasteiger partial charge in [-0.3, -0.25) is 0 Å². The van der Waals surface area contributed by atoms with Gasteiger partial charge in [0.15, 0.2) is 0 Å². The minimum atomic E-state index is 0.724. The number of nitrogens with zero attached hydrogens (tertiary/aromatic N) is 1. The zero-order chi connectivity index (χ0) is 6.81. The van der Waals surface area contributed by atoms with Crippen LogP contribution in [0.3, 0.4) is 0 Å². The Morgan fingerprint density at radius 3 is 3.20 bits per heavy atom. The molecule has 51 valence electrons. The van der Waals surface area contributed by atoms with E-state index in [1.54, 1.807) is 11.9 Å². The topological polar surface area (TPSA) is 26.1 Å². The molecule has 3 heteroatoms. The number of para-hydroxylation sites is 1. The van der Waals surface area contributed by atoms with Crippen molar-refractivity contribution in [3.05, 3.63) is 24.3 Å². The molecule has 0 saturated carbocycles. The van der Waals surface area contributed by atoms with Gasteiger partial charge in [-0.05, 0) is 24.1 Å². The molecule has 1 N–H and O–H groups in total. The molecule has 1 aliphatic heterocycles. The molecule has 0 aromatic heterocycles. The van der Waals surface area contributed by atoms with Crippen LogP contribution in [0.5, 0.6) is 0 Å². The number of hydrogen-bond acceptors (Lipinski definition) is 2. The molecule has 10 heavy (non-hydrogen) atoms. The molecule has 1 aromatic carbocycles. The molecule has 0 amide bonds. The lowest BCUT2D eigenvalue weighted by Crippen LogP contribution is -2.14. The monoisotopic (exact) mass is 151 g/mol. The van der Waals surface area contributed by atoms with Crippen molar-refractivity contribution in [1.29, 1.82) is 0 Å². The standard InChI is InChI=1S/C7H7N2S/c1-2-4-7-6(3-1)8-5-9-10-7/h1-4,8H,5H2. The molecule has 0 spiro atoms. The van der Waals surface area contributed by atoms with Crippen molar-refractivity contribution in [3.63, 3.8) is 0 Å². The average Bonchev–Trinajstić information content (AvgIpc) is 2.05. The minimum absolute atomic E-state index is 0.724. The Kier molecular flexibility index (Phi) is 1.53. The quantitative estimate of drug-likeness (QED) is 0.571. The average molecular weight is 151 g/mol. The van der Waals surface area contributed by atoms with E-state index in [1.807, 2.05) is 12.1 Å². The molecule has 1 aliphatic rings. The number of benzene rings is 1. The maximum atomic E-state index is 4.12. The Morgan fingerprint density at radius 1 is 1.40 bits per heavy atom. The number of nitrogens with one attached hydrogen (secondary N) is 1. The molecule has 1 heterocycles. The zero-order valence-corrected chi connectivity index (χ0v) is 6.19. The summed E-state index contributed by atoms with van der Waals surface area (Å²) in [7, 11) is 0. The third kappa shape index (κ3) is 0.978. The van der Waals surface area contributed by atoms with Crippen LogP contribution in [-0.2, 0) is 0 Å². The van der Waals surface area contributed by atoms with Crippen LogP contribution in [0.2, 0.25) is 0 Å². The highest BCUT2D eigenvalue weighted by atomic mass is 32.2. The summed E-state index contributed by atoms with van der Waals surface area (Å²) in [5.74, 6) is 0. The van der Waals surface area contributed by atoms with Crippen LogP contribution in [0.4, 0.5) is 5.69 Å². The molecule has 2 rings (SSSR count). The lowest BCUT2D eigenvalue weighted by Gasteiger charge is -2.15. The van der Waals surface area contributed by atoms with Crippen LogP contribution in [0.25, 0.3) is 0 Å². The van der Waals surface area contributed by atoms with Gasteiger partial charge in [-0.25, -0.2) is 0 Å². The number of rotatable bonds is 0. The number of fused-ring (bicyclic) bond motifs is 1. The van der Waals surface area contributed by atoms with E-state index in [9.17, 15) is 0 Å². The summed E-state index contributed by atoms with van der Waals surface area (Å²) in [5.41, 5.74) is 1.20. The van der Waals surface area contributed by atoms with E-state index in [2.05, 4.69) is 22.2 Å². The van der Waals surface area contributed by atoms with Gasteiger partial charge in [0.05, 0.1) is 12.4 Å². The van der Waals surface area contributed by atoms with Gasteiger partial charge in [-0.2, -0.15) is 0 Å². The Balaban J connectivity index is 2.41. The summed E-state index contributed by atoms with van der Waals surface area (Å²) >= 11 is 1.55. The zero-order valence-electron chi connectivity index (χ0n) is 5.37. The van der Waals surface area contributed by atoms with Crippen molar-refractivity contribution in [3.8, 4) is 0 Å². The van der Waals surface area contributed by atoms with Gasteiger partial charge in [-0.1, -0.05) is 12.1 Å². The smallest absolute Gasteiger partial charge is 0.0941 e. The molecule has 1 aromatic rings. The summed E-state index contributed by atoms with van der Waals surface area (Å²) in [4.78, 5) is 1.22. The van der Waals surface area contributed by atoms with Gasteiger partial charge < -0.3 is 5.32 Å². The second-order valence-corrected chi connectivity index (χ2v) is 2.93. The van der Waals surface area contributed by atoms with Crippen molar-refractivity contribution < 1.29 is 0 Å². The lowest BCUT2D eigenvalue weighted by molar-refractivity contribution is 0.997. The van der Waals surface area contributed by atoms with Crippen molar-refractivity contribution in [1.82, 2.24) is 4.72 Å². The second-order valence-electron chi connectivity index (χ2n) is 2.05. The molecule has 0 aliphatic carbocycles. The first-order valence-electron chi connectivity index (χ1n) is 3.13. The van der Waals surface area contributed by atoms with Gasteiger partial charge in [0, 0.05) is 4.90 Å². The SMILES string of the molecule is c1ccc2c(c1)NC[N]S2. The Hall–Kier alpha value is -0.670. The normalized spacial score (nSPS) is 15.6. The largest absolute Gasteiger partial charge is 0.369 e. The fraction of sp³-hybridized carbons (Fsp3) is 0.143. The van der Waals surface area contributed by atoms with E-state index >= 15 is 0 Å². The van der Waals surface area contributed by atoms with Crippen molar-refractivity contribution >= 4 is 17.6 Å². The molecule has 0 saturated heterocycles. The number of hydrogen-bond donors (Lipinski definition) is 1. The highest BCUT2D eigenvalue weighted by molar-refractivity contribution is 7.97. The fourth-order valence-electron chi connectivity index (χ4n) is 0.912.